The minimum absolute atomic E-state index is 0.0374. The van der Waals surface area contributed by atoms with Crippen LogP contribution in [0.5, 0.6) is 11.8 Å². The van der Waals surface area contributed by atoms with Crippen LogP contribution in [0.25, 0.3) is 11.3 Å². The minimum atomic E-state index is -4.99. The Morgan fingerprint density at radius 3 is 2.41 bits per heavy atom. The fourth-order valence-electron chi connectivity index (χ4n) is 7.86. The van der Waals surface area contributed by atoms with Gasteiger partial charge in [0.1, 0.15) is 6.04 Å². The molecule has 1 aliphatic rings. The summed E-state index contributed by atoms with van der Waals surface area (Å²) in [5, 5.41) is 28.7. The number of carbonyl (C=O) groups is 4. The molecular formula is C46H58F3N11O12S. The van der Waals surface area contributed by atoms with Crippen molar-refractivity contribution in [1.29, 1.82) is 0 Å². The molecule has 1 aliphatic heterocycles. The van der Waals surface area contributed by atoms with Gasteiger partial charge in [-0.1, -0.05) is 19.1 Å². The molecule has 4 heterocycles. The second-order valence-electron chi connectivity index (χ2n) is 16.1. The van der Waals surface area contributed by atoms with Crippen molar-refractivity contribution < 1.29 is 65.0 Å². The maximum atomic E-state index is 14.8. The number of ether oxygens (including phenoxy) is 3. The number of nitro groups is 1. The molecule has 1 saturated heterocycles. The highest BCUT2D eigenvalue weighted by Gasteiger charge is 2.41. The van der Waals surface area contributed by atoms with Crippen LogP contribution in [-0.2, 0) is 37.1 Å². The summed E-state index contributed by atoms with van der Waals surface area (Å²) in [6.07, 6.45) is -5.47. The van der Waals surface area contributed by atoms with Crippen molar-refractivity contribution in [2.75, 3.05) is 77.1 Å². The smallest absolute Gasteiger partial charge is 0.434 e. The number of hydrogen-bond donors (Lipinski definition) is 5. The molecule has 1 fully saturated rings. The maximum absolute atomic E-state index is 14.8. The van der Waals surface area contributed by atoms with Gasteiger partial charge in [-0.25, -0.2) is 28.2 Å². The summed E-state index contributed by atoms with van der Waals surface area (Å²) in [5.74, 6) is -2.58. The lowest BCUT2D eigenvalue weighted by Gasteiger charge is -2.43. The van der Waals surface area contributed by atoms with Gasteiger partial charge in [-0.3, -0.25) is 24.5 Å². The molecule has 4 amide bonds. The first-order valence-corrected chi connectivity index (χ1v) is 24.7. The third-order valence-electron chi connectivity index (χ3n) is 11.2. The molecule has 27 heteroatoms. The van der Waals surface area contributed by atoms with E-state index in [1.165, 1.54) is 29.3 Å². The topological polar surface area (TPSA) is 304 Å². The summed E-state index contributed by atoms with van der Waals surface area (Å²) >= 11 is 0. The number of aromatic nitrogens is 3. The van der Waals surface area contributed by atoms with Gasteiger partial charge in [-0.05, 0) is 63.1 Å². The number of nitrogens with two attached hydrogens (primary N) is 1. The Balaban J connectivity index is 1.51. The minimum Gasteiger partial charge on any atom is -0.478 e. The number of carboxylic acid groups (broad SMARTS) is 1. The molecule has 0 aliphatic carbocycles. The van der Waals surface area contributed by atoms with E-state index in [1.807, 2.05) is 10.2 Å². The van der Waals surface area contributed by atoms with Gasteiger partial charge >= 0.3 is 12.3 Å². The largest absolute Gasteiger partial charge is 0.478 e. The van der Waals surface area contributed by atoms with E-state index in [-0.39, 0.29) is 89.6 Å². The third kappa shape index (κ3) is 15.2. The zero-order chi connectivity index (χ0) is 53.3. The van der Waals surface area contributed by atoms with Crippen LogP contribution in [0.2, 0.25) is 0 Å². The highest BCUT2D eigenvalue weighted by Crippen LogP contribution is 2.36. The number of benzene rings is 1. The second-order valence-corrected chi connectivity index (χ2v) is 18.0. The van der Waals surface area contributed by atoms with Crippen molar-refractivity contribution in [3.63, 3.8) is 0 Å². The number of sulfonamides is 1. The predicted molar refractivity (Wildman–Crippen MR) is 257 cm³/mol. The first-order chi connectivity index (χ1) is 34.8. The average Bonchev–Trinajstić information content (AvgIpc) is 3.36. The van der Waals surface area contributed by atoms with Crippen molar-refractivity contribution in [3.05, 3.63) is 93.9 Å². The van der Waals surface area contributed by atoms with Gasteiger partial charge in [-0.2, -0.15) is 17.5 Å². The quantitative estimate of drug-likeness (QED) is 0.0339. The lowest BCUT2D eigenvalue weighted by atomic mass is 10.0. The summed E-state index contributed by atoms with van der Waals surface area (Å²) in [6.45, 7) is 4.76. The Labute approximate surface area is 418 Å². The second kappa shape index (κ2) is 26.5. The van der Waals surface area contributed by atoms with E-state index in [0.29, 0.717) is 23.4 Å². The van der Waals surface area contributed by atoms with Crippen LogP contribution in [-0.4, -0.2) is 151 Å². The van der Waals surface area contributed by atoms with Gasteiger partial charge in [0.05, 0.1) is 72.5 Å². The molecule has 23 nitrogen and oxygen atoms in total. The van der Waals surface area contributed by atoms with Crippen LogP contribution < -0.4 is 36.1 Å². The Kier molecular flexibility index (Phi) is 20.5. The molecule has 6 N–H and O–H groups in total. The Bertz CT molecular complexity index is 2690. The molecular weight excluding hydrogens is 988 g/mol. The number of carbonyl (C=O) groups excluding carboxylic acids is 3. The fraction of sp³-hybridized carbons (Fsp3) is 0.457. The third-order valence-corrected chi connectivity index (χ3v) is 13.1. The number of para-hydroxylation sites is 1. The monoisotopic (exact) mass is 1050 g/mol. The van der Waals surface area contributed by atoms with Crippen LogP contribution in [0, 0.1) is 10.1 Å². The molecule has 0 radical (unpaired) electrons. The molecule has 2 atom stereocenters. The molecule has 5 rings (SSSR count). The molecule has 1 aromatic carbocycles. The average molecular weight is 1050 g/mol. The number of piperazine rings is 1. The number of anilines is 1. The number of halogens is 3. The fourth-order valence-corrected chi connectivity index (χ4v) is 9.46. The normalized spacial score (nSPS) is 14.3. The zero-order valence-corrected chi connectivity index (χ0v) is 41.1. The molecule has 73 heavy (non-hydrogen) atoms. The van der Waals surface area contributed by atoms with Crippen molar-refractivity contribution in [2.24, 2.45) is 5.73 Å². The first kappa shape index (κ1) is 56.7. The molecule has 396 valence electrons. The zero-order valence-electron chi connectivity index (χ0n) is 40.3. The van der Waals surface area contributed by atoms with E-state index in [4.69, 9.17) is 24.9 Å². The highest BCUT2D eigenvalue weighted by atomic mass is 32.2. The molecule has 0 saturated carbocycles. The SMILES string of the molecule is CCOc1ccc(C(=O)N2CCN(c3ccc(-c4cccnc4OCC)nc3CN(CCCNC(=O)[C@@H](CC(=O)NCCOCCN)NC(=O)O)S(=O)(=O)c3ccccc3[N+](=O)[O-])[C@H](CC)C2)c(C(F)(F)F)n1. The van der Waals surface area contributed by atoms with E-state index < -0.39 is 98.4 Å². The van der Waals surface area contributed by atoms with E-state index >= 15 is 0 Å². The molecule has 0 bridgehead atoms. The van der Waals surface area contributed by atoms with E-state index in [2.05, 4.69) is 20.6 Å². The number of amides is 4. The standard InChI is InChI=1S/C46H58F3N11O12S/c1-4-30-28-57(44(63)32-14-17-40(71-5-2)56-41(32)46(47,48)49)23-24-59(30)36-16-15-33(31-11-9-19-53-43(31)72-6-3)54-35(36)29-58(73(68,69)38-13-8-7-12-37(38)60(66)67)22-10-20-52-42(62)34(55-45(64)65)27-39(61)51-21-26-70-25-18-50/h7-9,11-17,19,30,34,55H,4-6,10,18,20-29,50H2,1-3H3,(H,51,61)(H,52,62)(H,64,65)/t30-,34-/m1/s1. The Hall–Kier alpha value is -7.23. The lowest BCUT2D eigenvalue weighted by Crippen LogP contribution is -2.55. The van der Waals surface area contributed by atoms with Gasteiger partial charge in [-0.15, -0.1) is 0 Å². The van der Waals surface area contributed by atoms with Gasteiger partial charge in [0.15, 0.2) is 10.6 Å². The van der Waals surface area contributed by atoms with Crippen LogP contribution >= 0.6 is 0 Å². The van der Waals surface area contributed by atoms with Crippen molar-refractivity contribution in [3.8, 4) is 23.0 Å². The predicted octanol–water partition coefficient (Wildman–Crippen LogP) is 3.82. The van der Waals surface area contributed by atoms with Gasteiger partial charge in [0, 0.05) is 70.2 Å². The van der Waals surface area contributed by atoms with Gasteiger partial charge in [0.2, 0.25) is 33.6 Å². The van der Waals surface area contributed by atoms with Crippen LogP contribution in [0.4, 0.5) is 29.3 Å². The Morgan fingerprint density at radius 2 is 1.73 bits per heavy atom. The number of nitrogens with zero attached hydrogens (tertiary/aromatic N) is 7. The number of nitrogens with one attached hydrogen (secondary N) is 3. The number of pyridine rings is 3. The summed E-state index contributed by atoms with van der Waals surface area (Å²) in [7, 11) is -4.81. The molecule has 0 unspecified atom stereocenters. The lowest BCUT2D eigenvalue weighted by molar-refractivity contribution is -0.387. The van der Waals surface area contributed by atoms with Crippen LogP contribution in [0.3, 0.4) is 0 Å². The van der Waals surface area contributed by atoms with Crippen LogP contribution in [0.15, 0.2) is 71.8 Å². The maximum Gasteiger partial charge on any atom is 0.434 e. The van der Waals surface area contributed by atoms with Crippen LogP contribution in [0.1, 0.15) is 61.8 Å². The van der Waals surface area contributed by atoms with E-state index in [0.717, 1.165) is 22.5 Å². The molecule has 3 aromatic heterocycles. The molecule has 4 aromatic rings. The van der Waals surface area contributed by atoms with Gasteiger partial charge in [0.25, 0.3) is 11.6 Å². The van der Waals surface area contributed by atoms with Crippen molar-refractivity contribution in [2.45, 2.75) is 69.7 Å². The summed E-state index contributed by atoms with van der Waals surface area (Å²) < 4.78 is 89.6. The van der Waals surface area contributed by atoms with Crippen molar-refractivity contribution in [1.82, 2.24) is 40.1 Å². The summed E-state index contributed by atoms with van der Waals surface area (Å²) in [5.41, 5.74) is 3.80. The number of rotatable bonds is 26. The number of alkyl halides is 3. The molecule has 0 spiro atoms. The van der Waals surface area contributed by atoms with Crippen molar-refractivity contribution >= 4 is 45.2 Å². The first-order valence-electron chi connectivity index (χ1n) is 23.2. The number of hydrogen-bond acceptors (Lipinski definition) is 16. The van der Waals surface area contributed by atoms with E-state index in [9.17, 15) is 56.0 Å². The number of nitro benzene ring substituents is 1. The van der Waals surface area contributed by atoms with E-state index in [1.54, 1.807) is 45.0 Å². The highest BCUT2D eigenvalue weighted by molar-refractivity contribution is 7.89. The Morgan fingerprint density at radius 1 is 0.973 bits per heavy atom. The van der Waals surface area contributed by atoms with Gasteiger partial charge < -0.3 is 50.8 Å². The summed E-state index contributed by atoms with van der Waals surface area (Å²) in [4.78, 5) is 78.2. The summed E-state index contributed by atoms with van der Waals surface area (Å²) in [6, 6.07) is 11.5.